The van der Waals surface area contributed by atoms with Gasteiger partial charge in [-0.3, -0.25) is 0 Å². The van der Waals surface area contributed by atoms with Crippen molar-refractivity contribution in [2.75, 3.05) is 33.0 Å². The Balaban J connectivity index is -0.000000123. The first-order valence-electron chi connectivity index (χ1n) is 22.5. The van der Waals surface area contributed by atoms with Crippen molar-refractivity contribution in [2.24, 2.45) is 0 Å². The third-order valence-corrected chi connectivity index (χ3v) is 8.74. The van der Waals surface area contributed by atoms with E-state index in [9.17, 15) is 25.5 Å². The minimum absolute atomic E-state index is 0. The van der Waals surface area contributed by atoms with Crippen molar-refractivity contribution in [2.45, 2.75) is 259 Å². The molecule has 0 aromatic rings. The van der Waals surface area contributed by atoms with Crippen LogP contribution in [0.15, 0.2) is 0 Å². The fourth-order valence-corrected chi connectivity index (χ4v) is 5.30. The van der Waals surface area contributed by atoms with Gasteiger partial charge in [0, 0.05) is 0 Å². The number of unbranched alkanes of at least 4 members (excludes halogenated alkanes) is 30. The van der Waals surface area contributed by atoms with Crippen LogP contribution in [0.4, 0.5) is 0 Å². The van der Waals surface area contributed by atoms with E-state index >= 15 is 0 Å². The molecular weight excluding hydrogens is 801 g/mol. The Kier molecular flexibility index (Phi) is 93.9. The van der Waals surface area contributed by atoms with Crippen LogP contribution >= 0.6 is 0 Å². The van der Waals surface area contributed by atoms with Crippen LogP contribution in [0.25, 0.3) is 0 Å². The summed E-state index contributed by atoms with van der Waals surface area (Å²) in [4.78, 5) is 0. The van der Waals surface area contributed by atoms with Gasteiger partial charge in [0.1, 0.15) is 0 Å². The zero-order chi connectivity index (χ0) is 38.3. The van der Waals surface area contributed by atoms with Crippen LogP contribution in [0.2, 0.25) is 0 Å². The molecule has 0 aromatic carbocycles. The van der Waals surface area contributed by atoms with Gasteiger partial charge in [-0.05, 0) is 0 Å². The summed E-state index contributed by atoms with van der Waals surface area (Å²) in [5.41, 5.74) is 0. The Hall–Kier alpha value is 0.540. The molecule has 0 heterocycles. The first kappa shape index (κ1) is 63.5. The monoisotopic (exact) mass is 897 g/mol. The molecule has 0 atom stereocenters. The van der Waals surface area contributed by atoms with Gasteiger partial charge in [0.15, 0.2) is 0 Å². The summed E-state index contributed by atoms with van der Waals surface area (Å²) in [7, 11) is 0. The van der Waals surface area contributed by atoms with Crippen LogP contribution in [-0.4, -0.2) is 33.0 Å². The van der Waals surface area contributed by atoms with E-state index in [1.807, 2.05) is 0 Å². The summed E-state index contributed by atoms with van der Waals surface area (Å²) in [6.45, 7) is 11.7. The first-order chi connectivity index (χ1) is 24.6. The normalized spacial score (nSPS) is 10.0. The van der Waals surface area contributed by atoms with E-state index in [0.29, 0.717) is 0 Å². The summed E-state index contributed by atoms with van der Waals surface area (Å²) in [6.07, 6.45) is 43.2. The molecule has 0 bridgehead atoms. The minimum Gasteiger partial charge on any atom is -0.854 e. The second-order valence-corrected chi connectivity index (χ2v) is 14.1. The van der Waals surface area contributed by atoms with Crippen LogP contribution in [0.1, 0.15) is 259 Å². The molecule has 51 heavy (non-hydrogen) atoms. The first-order valence-corrected chi connectivity index (χ1v) is 22.5. The van der Waals surface area contributed by atoms with E-state index in [1.54, 1.807) is 0 Å². The third-order valence-electron chi connectivity index (χ3n) is 8.74. The molecule has 6 heteroatoms. The average Bonchev–Trinajstić information content (AvgIpc) is 3.13. The smallest absolute Gasteiger partial charge is 0.854 e. The van der Waals surface area contributed by atoms with Crippen molar-refractivity contribution in [3.63, 3.8) is 0 Å². The Labute approximate surface area is 338 Å². The molecule has 0 rings (SSSR count). The molecule has 0 amide bonds. The third kappa shape index (κ3) is 94.3. The fourth-order valence-electron chi connectivity index (χ4n) is 5.30. The Bertz CT molecular complexity index is 323. The van der Waals surface area contributed by atoms with Crippen molar-refractivity contribution < 1.29 is 47.9 Å². The van der Waals surface area contributed by atoms with Crippen LogP contribution < -0.4 is 25.5 Å². The maximum Gasteiger partial charge on any atom is 5.00 e. The standard InChI is InChI=1S/5C9H19O.Ta/c5*1-2-3-4-5-6-7-8-9-10;/h5*2-9H2,1H3;/q5*-1;+5. The molecular formula is C45H95O5Ta. The predicted molar refractivity (Wildman–Crippen MR) is 214 cm³/mol. The maximum atomic E-state index is 10.0. The van der Waals surface area contributed by atoms with E-state index in [1.165, 1.54) is 161 Å². The van der Waals surface area contributed by atoms with Gasteiger partial charge in [0.05, 0.1) is 0 Å². The summed E-state index contributed by atoms with van der Waals surface area (Å²) in [5, 5.41) is 50.1. The van der Waals surface area contributed by atoms with Gasteiger partial charge in [-0.2, -0.15) is 0 Å². The van der Waals surface area contributed by atoms with Gasteiger partial charge in [-0.1, -0.05) is 259 Å². The van der Waals surface area contributed by atoms with E-state index in [-0.39, 0.29) is 55.4 Å². The van der Waals surface area contributed by atoms with Gasteiger partial charge < -0.3 is 25.5 Å². The quantitative estimate of drug-likeness (QED) is 0.0588. The maximum absolute atomic E-state index is 10.0. The molecule has 0 aliphatic carbocycles. The minimum atomic E-state index is 0. The van der Waals surface area contributed by atoms with E-state index in [2.05, 4.69) is 34.6 Å². The Morgan fingerprint density at radius 1 is 0.176 bits per heavy atom. The van der Waals surface area contributed by atoms with Gasteiger partial charge in [-0.15, -0.1) is 33.0 Å². The molecule has 310 valence electrons. The SMILES string of the molecule is CCCCCCCCC[O-].CCCCCCCCC[O-].CCCCCCCCC[O-].CCCCCCCCC[O-].CCCCCCCCC[O-].[Ta+5]. The number of rotatable bonds is 35. The molecule has 0 saturated heterocycles. The largest absolute Gasteiger partial charge is 5.00 e. The van der Waals surface area contributed by atoms with Crippen molar-refractivity contribution in [1.82, 2.24) is 0 Å². The van der Waals surface area contributed by atoms with Crippen molar-refractivity contribution in [3.05, 3.63) is 0 Å². The molecule has 0 aliphatic rings. The molecule has 0 radical (unpaired) electrons. The van der Waals surface area contributed by atoms with Crippen molar-refractivity contribution in [1.29, 1.82) is 0 Å². The molecule has 0 aliphatic heterocycles. The fraction of sp³-hybridized carbons (Fsp3) is 1.00. The van der Waals surface area contributed by atoms with Crippen molar-refractivity contribution in [3.8, 4) is 0 Å². The van der Waals surface area contributed by atoms with Crippen molar-refractivity contribution >= 4 is 0 Å². The summed E-state index contributed by atoms with van der Waals surface area (Å²) in [5.74, 6) is 0. The molecule has 0 N–H and O–H groups in total. The van der Waals surface area contributed by atoms with Gasteiger partial charge in [0.2, 0.25) is 0 Å². The van der Waals surface area contributed by atoms with E-state index in [0.717, 1.165) is 64.2 Å². The Morgan fingerprint density at radius 3 is 0.373 bits per heavy atom. The van der Waals surface area contributed by atoms with Crippen LogP contribution in [-0.2, 0) is 22.4 Å². The molecule has 0 spiro atoms. The summed E-state index contributed by atoms with van der Waals surface area (Å²) >= 11 is 0. The summed E-state index contributed by atoms with van der Waals surface area (Å²) < 4.78 is 0. The second-order valence-electron chi connectivity index (χ2n) is 14.1. The molecule has 5 nitrogen and oxygen atoms in total. The summed E-state index contributed by atoms with van der Waals surface area (Å²) in [6, 6.07) is 0. The predicted octanol–water partition coefficient (Wildman–Crippen LogP) is 10.5. The zero-order valence-electron chi connectivity index (χ0n) is 35.8. The molecule has 0 unspecified atom stereocenters. The Morgan fingerprint density at radius 2 is 0.275 bits per heavy atom. The van der Waals surface area contributed by atoms with Crippen LogP contribution in [0.3, 0.4) is 0 Å². The van der Waals surface area contributed by atoms with Gasteiger partial charge in [-0.25, -0.2) is 0 Å². The average molecular weight is 897 g/mol. The zero-order valence-corrected chi connectivity index (χ0v) is 39.0. The van der Waals surface area contributed by atoms with Gasteiger partial charge in [0.25, 0.3) is 0 Å². The molecule has 0 saturated carbocycles. The molecule has 0 aromatic heterocycles. The van der Waals surface area contributed by atoms with E-state index in [4.69, 9.17) is 0 Å². The van der Waals surface area contributed by atoms with Crippen LogP contribution in [0, 0.1) is 0 Å². The second kappa shape index (κ2) is 75.5. The topological polar surface area (TPSA) is 115 Å². The number of hydrogen-bond donors (Lipinski definition) is 0. The van der Waals surface area contributed by atoms with E-state index < -0.39 is 0 Å². The molecule has 0 fully saturated rings. The van der Waals surface area contributed by atoms with Crippen LogP contribution in [0.5, 0.6) is 0 Å². The number of hydrogen-bond acceptors (Lipinski definition) is 5. The van der Waals surface area contributed by atoms with Gasteiger partial charge >= 0.3 is 22.4 Å².